The molecule has 100 valence electrons. The number of nitrogens with zero attached hydrogens (tertiary/aromatic N) is 2. The Hall–Kier alpha value is -2.69. The highest BCUT2D eigenvalue weighted by atomic mass is 16.4. The molecule has 0 unspecified atom stereocenters. The lowest BCUT2D eigenvalue weighted by atomic mass is 10.1. The van der Waals surface area contributed by atoms with Crippen molar-refractivity contribution in [3.63, 3.8) is 0 Å². The van der Waals surface area contributed by atoms with Crippen LogP contribution in [0.4, 0.5) is 0 Å². The Kier molecular flexibility index (Phi) is 2.75. The van der Waals surface area contributed by atoms with Gasteiger partial charge in [-0.1, -0.05) is 18.2 Å². The second kappa shape index (κ2) is 4.45. The summed E-state index contributed by atoms with van der Waals surface area (Å²) in [6.45, 7) is 3.15. The van der Waals surface area contributed by atoms with E-state index >= 15 is 0 Å². The van der Waals surface area contributed by atoms with Crippen molar-refractivity contribution in [3.8, 4) is 5.69 Å². The zero-order valence-corrected chi connectivity index (χ0v) is 11.1. The third-order valence-corrected chi connectivity index (χ3v) is 3.14. The van der Waals surface area contributed by atoms with Crippen LogP contribution in [0.15, 0.2) is 45.6 Å². The molecule has 0 aliphatic rings. The van der Waals surface area contributed by atoms with Gasteiger partial charge in [-0.05, 0) is 32.0 Å². The molecule has 0 fully saturated rings. The van der Waals surface area contributed by atoms with Gasteiger partial charge in [-0.2, -0.15) is 9.78 Å². The number of para-hydroxylation sites is 1. The standard InChI is InChI=1S/C15H12N2O3/c1-9-12-8-13(10(2)18)15(19)20-14(12)17(16-9)11-6-4-3-5-7-11/h3-8H,1-2H3. The number of aromatic nitrogens is 2. The monoisotopic (exact) mass is 268 g/mol. The summed E-state index contributed by atoms with van der Waals surface area (Å²) in [5.74, 6) is -0.312. The minimum atomic E-state index is -0.637. The highest BCUT2D eigenvalue weighted by Crippen LogP contribution is 2.21. The lowest BCUT2D eigenvalue weighted by Gasteiger charge is -2.01. The topological polar surface area (TPSA) is 65.1 Å². The van der Waals surface area contributed by atoms with Crippen LogP contribution in [-0.2, 0) is 0 Å². The van der Waals surface area contributed by atoms with Gasteiger partial charge in [-0.3, -0.25) is 4.79 Å². The molecule has 0 aliphatic carbocycles. The second-order valence-corrected chi connectivity index (χ2v) is 4.56. The number of carbonyl (C=O) groups excluding carboxylic acids is 1. The van der Waals surface area contributed by atoms with E-state index < -0.39 is 5.63 Å². The third kappa shape index (κ3) is 1.84. The van der Waals surface area contributed by atoms with Crippen molar-refractivity contribution in [1.29, 1.82) is 0 Å². The first kappa shape index (κ1) is 12.3. The van der Waals surface area contributed by atoms with Crippen molar-refractivity contribution < 1.29 is 9.21 Å². The van der Waals surface area contributed by atoms with Crippen LogP contribution in [0, 0.1) is 6.92 Å². The SMILES string of the molecule is CC(=O)c1cc2c(C)nn(-c3ccccc3)c2oc1=O. The molecule has 20 heavy (non-hydrogen) atoms. The number of carbonyl (C=O) groups is 1. The predicted octanol–water partition coefficient (Wildman–Crippen LogP) is 2.49. The molecule has 0 saturated carbocycles. The van der Waals surface area contributed by atoms with E-state index in [4.69, 9.17) is 4.42 Å². The molecule has 0 aliphatic heterocycles. The van der Waals surface area contributed by atoms with Gasteiger partial charge in [-0.25, -0.2) is 4.79 Å². The van der Waals surface area contributed by atoms with E-state index in [1.165, 1.54) is 6.92 Å². The average Bonchev–Trinajstić information content (AvgIpc) is 2.75. The molecule has 2 aromatic heterocycles. The highest BCUT2D eigenvalue weighted by Gasteiger charge is 2.16. The van der Waals surface area contributed by atoms with Crippen molar-refractivity contribution in [2.75, 3.05) is 0 Å². The van der Waals surface area contributed by atoms with Gasteiger partial charge in [0.1, 0.15) is 5.56 Å². The molecule has 0 bridgehead atoms. The van der Waals surface area contributed by atoms with Crippen LogP contribution in [0.1, 0.15) is 23.0 Å². The number of fused-ring (bicyclic) bond motifs is 1. The van der Waals surface area contributed by atoms with E-state index in [0.717, 1.165) is 5.69 Å². The van der Waals surface area contributed by atoms with Gasteiger partial charge in [-0.15, -0.1) is 0 Å². The van der Waals surface area contributed by atoms with E-state index in [1.807, 2.05) is 37.3 Å². The first-order valence-electron chi connectivity index (χ1n) is 6.18. The van der Waals surface area contributed by atoms with Gasteiger partial charge in [0.15, 0.2) is 5.78 Å². The fourth-order valence-electron chi connectivity index (χ4n) is 2.12. The molecule has 0 N–H and O–H groups in total. The van der Waals surface area contributed by atoms with Crippen molar-refractivity contribution in [2.24, 2.45) is 0 Å². The van der Waals surface area contributed by atoms with Gasteiger partial charge >= 0.3 is 5.63 Å². The molecule has 2 heterocycles. The highest BCUT2D eigenvalue weighted by molar-refractivity contribution is 5.96. The summed E-state index contributed by atoms with van der Waals surface area (Å²) in [5.41, 5.74) is 1.26. The second-order valence-electron chi connectivity index (χ2n) is 4.56. The van der Waals surface area contributed by atoms with Gasteiger partial charge < -0.3 is 4.42 Å². The Morgan fingerprint density at radius 2 is 1.95 bits per heavy atom. The van der Waals surface area contributed by atoms with E-state index in [9.17, 15) is 9.59 Å². The lowest BCUT2D eigenvalue weighted by Crippen LogP contribution is -2.11. The maximum absolute atomic E-state index is 11.8. The molecule has 0 spiro atoms. The predicted molar refractivity (Wildman–Crippen MR) is 74.3 cm³/mol. The summed E-state index contributed by atoms with van der Waals surface area (Å²) in [6.07, 6.45) is 0. The van der Waals surface area contributed by atoms with E-state index in [1.54, 1.807) is 10.7 Å². The average molecular weight is 268 g/mol. The smallest absolute Gasteiger partial charge is 0.348 e. The van der Waals surface area contributed by atoms with Crippen molar-refractivity contribution in [3.05, 3.63) is 58.1 Å². The Bertz CT molecular complexity index is 860. The summed E-state index contributed by atoms with van der Waals surface area (Å²) in [7, 11) is 0. The molecule has 3 rings (SSSR count). The van der Waals surface area contributed by atoms with Gasteiger partial charge in [0.2, 0.25) is 5.71 Å². The van der Waals surface area contributed by atoms with E-state index in [0.29, 0.717) is 16.8 Å². The fraction of sp³-hybridized carbons (Fsp3) is 0.133. The molecule has 0 saturated heterocycles. The fourth-order valence-corrected chi connectivity index (χ4v) is 2.12. The summed E-state index contributed by atoms with van der Waals surface area (Å²) in [6, 6.07) is 10.9. The van der Waals surface area contributed by atoms with E-state index in [-0.39, 0.29) is 11.3 Å². The summed E-state index contributed by atoms with van der Waals surface area (Å²) >= 11 is 0. The van der Waals surface area contributed by atoms with Crippen LogP contribution in [-0.4, -0.2) is 15.6 Å². The number of hydrogen-bond acceptors (Lipinski definition) is 4. The lowest BCUT2D eigenvalue weighted by molar-refractivity contribution is 0.101. The summed E-state index contributed by atoms with van der Waals surface area (Å²) in [4.78, 5) is 23.2. The molecular weight excluding hydrogens is 256 g/mol. The van der Waals surface area contributed by atoms with Gasteiger partial charge in [0.05, 0.1) is 16.8 Å². The number of benzene rings is 1. The Morgan fingerprint density at radius 3 is 2.60 bits per heavy atom. The molecular formula is C15H12N2O3. The summed E-state index contributed by atoms with van der Waals surface area (Å²) < 4.78 is 6.85. The first-order valence-corrected chi connectivity index (χ1v) is 6.18. The molecule has 0 radical (unpaired) electrons. The van der Waals surface area contributed by atoms with Crippen molar-refractivity contribution >= 4 is 16.9 Å². The number of hydrogen-bond donors (Lipinski definition) is 0. The zero-order chi connectivity index (χ0) is 14.3. The number of Topliss-reactive ketones (excluding diaryl/α,β-unsaturated/α-hetero) is 1. The minimum absolute atomic E-state index is 0.0493. The zero-order valence-electron chi connectivity index (χ0n) is 11.1. The molecule has 1 aromatic carbocycles. The minimum Gasteiger partial charge on any atom is -0.403 e. The van der Waals surface area contributed by atoms with Crippen LogP contribution in [0.2, 0.25) is 0 Å². The molecule has 0 atom stereocenters. The number of rotatable bonds is 2. The molecule has 5 heteroatoms. The Morgan fingerprint density at radius 1 is 1.25 bits per heavy atom. The van der Waals surface area contributed by atoms with Crippen LogP contribution in [0.3, 0.4) is 0 Å². The van der Waals surface area contributed by atoms with Gasteiger partial charge in [0, 0.05) is 0 Å². The Balaban J connectivity index is 2.35. The van der Waals surface area contributed by atoms with Crippen LogP contribution in [0.5, 0.6) is 0 Å². The first-order chi connectivity index (χ1) is 9.58. The van der Waals surface area contributed by atoms with Crippen molar-refractivity contribution in [2.45, 2.75) is 13.8 Å². The van der Waals surface area contributed by atoms with Crippen LogP contribution in [0.25, 0.3) is 16.8 Å². The van der Waals surface area contributed by atoms with Crippen LogP contribution < -0.4 is 5.63 Å². The quantitative estimate of drug-likeness (QED) is 0.670. The maximum Gasteiger partial charge on any atom is 0.348 e. The largest absolute Gasteiger partial charge is 0.403 e. The van der Waals surface area contributed by atoms with Crippen molar-refractivity contribution in [1.82, 2.24) is 9.78 Å². The normalized spacial score (nSPS) is 10.9. The Labute approximate surface area is 114 Å². The van der Waals surface area contributed by atoms with Crippen LogP contribution >= 0.6 is 0 Å². The van der Waals surface area contributed by atoms with E-state index in [2.05, 4.69) is 5.10 Å². The molecule has 3 aromatic rings. The molecule has 5 nitrogen and oxygen atoms in total. The summed E-state index contributed by atoms with van der Waals surface area (Å²) in [5, 5.41) is 5.04. The van der Waals surface area contributed by atoms with Gasteiger partial charge in [0.25, 0.3) is 0 Å². The third-order valence-electron chi connectivity index (χ3n) is 3.14. The molecule has 0 amide bonds. The maximum atomic E-state index is 11.8. The number of ketones is 1. The number of aryl methyl sites for hydroxylation is 1.